The van der Waals surface area contributed by atoms with Gasteiger partial charge in [-0.2, -0.15) is 0 Å². The van der Waals surface area contributed by atoms with Crippen molar-refractivity contribution in [2.75, 3.05) is 6.54 Å². The zero-order valence-corrected chi connectivity index (χ0v) is 16.5. The zero-order chi connectivity index (χ0) is 18.4. The molecule has 0 fully saturated rings. The van der Waals surface area contributed by atoms with E-state index < -0.39 is 0 Å². The fourth-order valence-electron chi connectivity index (χ4n) is 2.29. The van der Waals surface area contributed by atoms with E-state index in [1.54, 1.807) is 0 Å². The van der Waals surface area contributed by atoms with Gasteiger partial charge in [-0.05, 0) is 51.4 Å². The molecule has 0 spiro atoms. The molecule has 0 aliphatic rings. The molecule has 25 heavy (non-hydrogen) atoms. The Balaban J connectivity index is 3.44. The van der Waals surface area contributed by atoms with Crippen LogP contribution < -0.4 is 5.32 Å². The van der Waals surface area contributed by atoms with Crippen molar-refractivity contribution in [3.8, 4) is 0 Å². The van der Waals surface area contributed by atoms with Crippen LogP contribution in [0.1, 0.15) is 84.5 Å². The Labute approximate surface area is 156 Å². The standard InChI is InChI=1S/C23H39NO/c1-3-5-6-7-8-9-10-11-12-13-14-15-16-17-18-19-20-21-23(25)24-22-4-2/h8-9,11-12,14-15,17-18H,3-7,10,13,16,19-22H2,1-2H3,(H,24,25). The number of carbonyl (C=O) groups is 1. The number of nitrogens with one attached hydrogen (secondary N) is 1. The Morgan fingerprint density at radius 2 is 1.20 bits per heavy atom. The van der Waals surface area contributed by atoms with E-state index >= 15 is 0 Å². The minimum atomic E-state index is 0.178. The van der Waals surface area contributed by atoms with Gasteiger partial charge >= 0.3 is 0 Å². The minimum absolute atomic E-state index is 0.178. The van der Waals surface area contributed by atoms with Gasteiger partial charge in [0, 0.05) is 13.0 Å². The van der Waals surface area contributed by atoms with E-state index in [0.29, 0.717) is 6.42 Å². The molecule has 0 aromatic rings. The van der Waals surface area contributed by atoms with Gasteiger partial charge in [0.05, 0.1) is 0 Å². The van der Waals surface area contributed by atoms with Gasteiger partial charge in [0.1, 0.15) is 0 Å². The molecular formula is C23H39NO. The number of hydrogen-bond donors (Lipinski definition) is 1. The summed E-state index contributed by atoms with van der Waals surface area (Å²) in [4.78, 5) is 11.4. The van der Waals surface area contributed by atoms with E-state index in [9.17, 15) is 4.79 Å². The highest BCUT2D eigenvalue weighted by Gasteiger charge is 1.97. The summed E-state index contributed by atoms with van der Waals surface area (Å²) in [6.45, 7) is 5.10. The molecule has 0 aliphatic heterocycles. The molecule has 0 unspecified atom stereocenters. The van der Waals surface area contributed by atoms with Crippen LogP contribution in [0.15, 0.2) is 48.6 Å². The molecule has 0 atom stereocenters. The van der Waals surface area contributed by atoms with E-state index in [-0.39, 0.29) is 5.91 Å². The first-order valence-electron chi connectivity index (χ1n) is 10.2. The molecule has 142 valence electrons. The van der Waals surface area contributed by atoms with Crippen molar-refractivity contribution < 1.29 is 4.79 Å². The van der Waals surface area contributed by atoms with Gasteiger partial charge in [-0.25, -0.2) is 0 Å². The molecule has 0 heterocycles. The van der Waals surface area contributed by atoms with Crippen molar-refractivity contribution in [3.63, 3.8) is 0 Å². The van der Waals surface area contributed by atoms with Crippen LogP contribution in [0.2, 0.25) is 0 Å². The highest BCUT2D eigenvalue weighted by molar-refractivity contribution is 5.75. The summed E-state index contributed by atoms with van der Waals surface area (Å²) in [6, 6.07) is 0. The van der Waals surface area contributed by atoms with Crippen molar-refractivity contribution in [2.24, 2.45) is 0 Å². The molecule has 0 bridgehead atoms. The summed E-state index contributed by atoms with van der Waals surface area (Å²) < 4.78 is 0. The SMILES string of the molecule is CCCCCC=CCC=CCC=CCC=CCCCC(=O)NCCC. The van der Waals surface area contributed by atoms with Crippen molar-refractivity contribution >= 4 is 5.91 Å². The maximum Gasteiger partial charge on any atom is 0.220 e. The van der Waals surface area contributed by atoms with E-state index in [1.165, 1.54) is 25.7 Å². The topological polar surface area (TPSA) is 29.1 Å². The predicted octanol–water partition coefficient (Wildman–Crippen LogP) is 6.66. The molecule has 1 amide bonds. The monoisotopic (exact) mass is 345 g/mol. The maximum atomic E-state index is 11.4. The van der Waals surface area contributed by atoms with Gasteiger partial charge in [-0.1, -0.05) is 75.3 Å². The molecule has 0 saturated heterocycles. The quantitative estimate of drug-likeness (QED) is 0.246. The number of unbranched alkanes of at least 4 members (excludes halogenated alkanes) is 4. The Kier molecular flexibility index (Phi) is 19.2. The average molecular weight is 346 g/mol. The van der Waals surface area contributed by atoms with Gasteiger partial charge in [-0.3, -0.25) is 4.79 Å². The molecule has 0 saturated carbocycles. The molecule has 0 rings (SSSR count). The van der Waals surface area contributed by atoms with Crippen molar-refractivity contribution in [2.45, 2.75) is 84.5 Å². The van der Waals surface area contributed by atoms with Crippen molar-refractivity contribution in [1.82, 2.24) is 5.32 Å². The Morgan fingerprint density at radius 3 is 1.72 bits per heavy atom. The lowest BCUT2D eigenvalue weighted by Crippen LogP contribution is -2.23. The fourth-order valence-corrected chi connectivity index (χ4v) is 2.29. The van der Waals surface area contributed by atoms with Crippen LogP contribution in [-0.2, 0) is 4.79 Å². The van der Waals surface area contributed by atoms with Crippen LogP contribution >= 0.6 is 0 Å². The lowest BCUT2D eigenvalue weighted by Gasteiger charge is -2.01. The third kappa shape index (κ3) is 20.4. The number of allylic oxidation sites excluding steroid dienone is 8. The second-order valence-electron chi connectivity index (χ2n) is 6.33. The summed E-state index contributed by atoms with van der Waals surface area (Å²) in [6.07, 6.45) is 29.6. The van der Waals surface area contributed by atoms with E-state index in [1.807, 2.05) is 0 Å². The molecule has 0 aromatic heterocycles. The zero-order valence-electron chi connectivity index (χ0n) is 16.5. The highest BCUT2D eigenvalue weighted by atomic mass is 16.1. The number of rotatable bonds is 16. The molecule has 1 N–H and O–H groups in total. The first kappa shape index (κ1) is 23.4. The molecule has 0 radical (unpaired) electrons. The average Bonchev–Trinajstić information content (AvgIpc) is 2.62. The molecule has 0 aliphatic carbocycles. The largest absolute Gasteiger partial charge is 0.356 e. The summed E-state index contributed by atoms with van der Waals surface area (Å²) in [7, 11) is 0. The fraction of sp³-hybridized carbons (Fsp3) is 0.609. The Bertz CT molecular complexity index is 404. The normalized spacial score (nSPS) is 12.2. The van der Waals surface area contributed by atoms with Crippen LogP contribution in [-0.4, -0.2) is 12.5 Å². The Hall–Kier alpha value is -1.57. The Morgan fingerprint density at radius 1 is 0.680 bits per heavy atom. The lowest BCUT2D eigenvalue weighted by atomic mass is 10.2. The van der Waals surface area contributed by atoms with E-state index in [2.05, 4.69) is 67.8 Å². The summed E-state index contributed by atoms with van der Waals surface area (Å²) >= 11 is 0. The van der Waals surface area contributed by atoms with E-state index in [4.69, 9.17) is 0 Å². The van der Waals surface area contributed by atoms with Crippen LogP contribution in [0.4, 0.5) is 0 Å². The predicted molar refractivity (Wildman–Crippen MR) is 112 cm³/mol. The summed E-state index contributed by atoms with van der Waals surface area (Å²) in [5.74, 6) is 0.178. The first-order valence-corrected chi connectivity index (χ1v) is 10.2. The van der Waals surface area contributed by atoms with Crippen LogP contribution in [0.3, 0.4) is 0 Å². The molecule has 2 heteroatoms. The molecule has 2 nitrogen and oxygen atoms in total. The lowest BCUT2D eigenvalue weighted by molar-refractivity contribution is -0.121. The summed E-state index contributed by atoms with van der Waals surface area (Å²) in [5.41, 5.74) is 0. The van der Waals surface area contributed by atoms with Crippen molar-refractivity contribution in [1.29, 1.82) is 0 Å². The van der Waals surface area contributed by atoms with Crippen LogP contribution in [0.25, 0.3) is 0 Å². The van der Waals surface area contributed by atoms with Crippen molar-refractivity contribution in [3.05, 3.63) is 48.6 Å². The maximum absolute atomic E-state index is 11.4. The highest BCUT2D eigenvalue weighted by Crippen LogP contribution is 2.01. The second-order valence-corrected chi connectivity index (χ2v) is 6.33. The number of amides is 1. The smallest absolute Gasteiger partial charge is 0.220 e. The van der Waals surface area contributed by atoms with Crippen LogP contribution in [0, 0.1) is 0 Å². The number of carbonyl (C=O) groups excluding carboxylic acids is 1. The minimum Gasteiger partial charge on any atom is -0.356 e. The van der Waals surface area contributed by atoms with Gasteiger partial charge in [0.25, 0.3) is 0 Å². The van der Waals surface area contributed by atoms with E-state index in [0.717, 1.165) is 45.1 Å². The third-order valence-electron chi connectivity index (χ3n) is 3.80. The third-order valence-corrected chi connectivity index (χ3v) is 3.80. The van der Waals surface area contributed by atoms with Gasteiger partial charge in [-0.15, -0.1) is 0 Å². The second kappa shape index (κ2) is 20.5. The molecular weight excluding hydrogens is 306 g/mol. The van der Waals surface area contributed by atoms with Gasteiger partial charge < -0.3 is 5.32 Å². The first-order chi connectivity index (χ1) is 12.3. The van der Waals surface area contributed by atoms with Gasteiger partial charge in [0.2, 0.25) is 5.91 Å². The summed E-state index contributed by atoms with van der Waals surface area (Å²) in [5, 5.41) is 2.90. The number of hydrogen-bond acceptors (Lipinski definition) is 1. The van der Waals surface area contributed by atoms with Crippen LogP contribution in [0.5, 0.6) is 0 Å². The van der Waals surface area contributed by atoms with Gasteiger partial charge in [0.15, 0.2) is 0 Å². The molecule has 0 aromatic carbocycles.